The summed E-state index contributed by atoms with van der Waals surface area (Å²) in [6, 6.07) is 10.2. The molecule has 0 saturated carbocycles. The summed E-state index contributed by atoms with van der Waals surface area (Å²) >= 11 is 0. The van der Waals surface area contributed by atoms with Crippen molar-refractivity contribution >= 4 is 0 Å². The molecule has 0 bridgehead atoms. The van der Waals surface area contributed by atoms with Crippen molar-refractivity contribution in [3.63, 3.8) is 0 Å². The molecular formula is C25H24N8O2. The molecule has 176 valence electrons. The zero-order valence-electron chi connectivity index (χ0n) is 19.7. The number of aryl methyl sites for hydroxylation is 1. The average Bonchev–Trinajstić information content (AvgIpc) is 3.58. The van der Waals surface area contributed by atoms with E-state index >= 15 is 0 Å². The van der Waals surface area contributed by atoms with Gasteiger partial charge in [0, 0.05) is 23.9 Å². The van der Waals surface area contributed by atoms with E-state index in [0.29, 0.717) is 37.2 Å². The fraction of sp³-hybridized carbons (Fsp3) is 0.280. The van der Waals surface area contributed by atoms with Gasteiger partial charge in [-0.15, -0.1) is 10.2 Å². The van der Waals surface area contributed by atoms with Gasteiger partial charge in [0.2, 0.25) is 11.7 Å². The van der Waals surface area contributed by atoms with Crippen LogP contribution in [-0.4, -0.2) is 39.4 Å². The highest BCUT2D eigenvalue weighted by Crippen LogP contribution is 2.35. The predicted octanol–water partition coefficient (Wildman–Crippen LogP) is 4.09. The second kappa shape index (κ2) is 8.55. The van der Waals surface area contributed by atoms with Crippen LogP contribution in [0.5, 0.6) is 0 Å². The molecule has 0 unspecified atom stereocenters. The van der Waals surface area contributed by atoms with Crippen molar-refractivity contribution in [1.29, 1.82) is 0 Å². The van der Waals surface area contributed by atoms with E-state index in [9.17, 15) is 0 Å². The Bertz CT molecular complexity index is 1500. The molecule has 0 N–H and O–H groups in total. The van der Waals surface area contributed by atoms with Crippen LogP contribution in [0.25, 0.3) is 28.6 Å². The monoisotopic (exact) mass is 468 g/mol. The summed E-state index contributed by atoms with van der Waals surface area (Å²) in [4.78, 5) is 13.4. The molecule has 10 nitrogen and oxygen atoms in total. The second-order valence-electron chi connectivity index (χ2n) is 8.92. The number of aromatic nitrogens is 8. The van der Waals surface area contributed by atoms with E-state index in [-0.39, 0.29) is 5.92 Å². The molecule has 5 heterocycles. The molecule has 5 aromatic rings. The van der Waals surface area contributed by atoms with Crippen molar-refractivity contribution in [1.82, 2.24) is 39.4 Å². The average molecular weight is 469 g/mol. The molecular weight excluding hydrogens is 444 g/mol. The Morgan fingerprint density at radius 1 is 1.14 bits per heavy atom. The number of imidazole rings is 1. The topological polar surface area (TPSA) is 110 Å². The number of nitrogens with zero attached hydrogens (tertiary/aromatic N) is 8. The molecule has 1 aliphatic rings. The lowest BCUT2D eigenvalue weighted by molar-refractivity contribution is 0.0992. The number of pyridine rings is 1. The molecule has 0 spiro atoms. The SMILES string of the molecule is Cc1ccc2c(c1)-c1nnc(COCc3cccnc3)n1Cc1c(-c3noc(C(C)C)n3)ncn1-2. The molecule has 0 atom stereocenters. The minimum absolute atomic E-state index is 0.134. The number of fused-ring (bicyclic) bond motifs is 5. The van der Waals surface area contributed by atoms with E-state index in [2.05, 4.69) is 64.6 Å². The van der Waals surface area contributed by atoms with Crippen LogP contribution < -0.4 is 0 Å². The molecule has 10 heteroatoms. The van der Waals surface area contributed by atoms with Crippen molar-refractivity contribution in [3.05, 3.63) is 77.6 Å². The van der Waals surface area contributed by atoms with Crippen LogP contribution in [0.15, 0.2) is 53.6 Å². The third kappa shape index (κ3) is 3.81. The van der Waals surface area contributed by atoms with Gasteiger partial charge in [-0.2, -0.15) is 4.98 Å². The number of ether oxygens (including phenoxy) is 1. The summed E-state index contributed by atoms with van der Waals surface area (Å²) < 4.78 is 15.6. The predicted molar refractivity (Wildman–Crippen MR) is 127 cm³/mol. The lowest BCUT2D eigenvalue weighted by Crippen LogP contribution is -2.10. The van der Waals surface area contributed by atoms with E-state index < -0.39 is 0 Å². The molecule has 0 amide bonds. The molecule has 35 heavy (non-hydrogen) atoms. The van der Waals surface area contributed by atoms with Gasteiger partial charge in [0.15, 0.2) is 11.6 Å². The summed E-state index contributed by atoms with van der Waals surface area (Å²) in [5.74, 6) is 2.71. The zero-order chi connectivity index (χ0) is 23.9. The Morgan fingerprint density at radius 2 is 2.06 bits per heavy atom. The first-order chi connectivity index (χ1) is 17.1. The standard InChI is InChI=1S/C25H24N8O2/c1-15(2)25-28-23(31-35-25)22-20-11-32-21(13-34-12-17-5-4-8-26-10-17)29-30-24(32)18-9-16(3)6-7-19(18)33(20)14-27-22/h4-10,14-15H,11-13H2,1-3H3. The Morgan fingerprint density at radius 3 is 2.86 bits per heavy atom. The van der Waals surface area contributed by atoms with E-state index in [4.69, 9.17) is 9.26 Å². The summed E-state index contributed by atoms with van der Waals surface area (Å²) in [7, 11) is 0. The summed E-state index contributed by atoms with van der Waals surface area (Å²) in [5, 5.41) is 13.2. The molecule has 0 saturated heterocycles. The van der Waals surface area contributed by atoms with E-state index in [0.717, 1.165) is 39.7 Å². The summed E-state index contributed by atoms with van der Waals surface area (Å²) in [6.45, 7) is 7.34. The number of rotatable bonds is 6. The maximum Gasteiger partial charge on any atom is 0.229 e. The van der Waals surface area contributed by atoms with Crippen molar-refractivity contribution < 1.29 is 9.26 Å². The highest BCUT2D eigenvalue weighted by Gasteiger charge is 2.28. The molecule has 4 aromatic heterocycles. The highest BCUT2D eigenvalue weighted by atomic mass is 16.5. The van der Waals surface area contributed by atoms with Crippen LogP contribution in [0.1, 0.15) is 48.3 Å². The molecule has 0 radical (unpaired) electrons. The number of hydrogen-bond donors (Lipinski definition) is 0. The zero-order valence-corrected chi connectivity index (χ0v) is 19.7. The highest BCUT2D eigenvalue weighted by molar-refractivity contribution is 5.71. The maximum absolute atomic E-state index is 5.97. The van der Waals surface area contributed by atoms with Crippen molar-refractivity contribution in [2.75, 3.05) is 0 Å². The first-order valence-electron chi connectivity index (χ1n) is 11.5. The van der Waals surface area contributed by atoms with Gasteiger partial charge in [0.25, 0.3) is 0 Å². The Kier molecular flexibility index (Phi) is 5.22. The first kappa shape index (κ1) is 21.4. The van der Waals surface area contributed by atoms with Crippen LogP contribution >= 0.6 is 0 Å². The van der Waals surface area contributed by atoms with Gasteiger partial charge in [-0.3, -0.25) is 9.55 Å². The fourth-order valence-corrected chi connectivity index (χ4v) is 4.23. The summed E-state index contributed by atoms with van der Waals surface area (Å²) in [6.07, 6.45) is 5.35. The lowest BCUT2D eigenvalue weighted by atomic mass is 10.1. The second-order valence-corrected chi connectivity index (χ2v) is 8.92. The van der Waals surface area contributed by atoms with E-state index in [1.807, 2.05) is 32.3 Å². The summed E-state index contributed by atoms with van der Waals surface area (Å²) in [5.41, 5.74) is 5.70. The van der Waals surface area contributed by atoms with Gasteiger partial charge in [-0.1, -0.05) is 36.7 Å². The van der Waals surface area contributed by atoms with Gasteiger partial charge in [-0.25, -0.2) is 4.98 Å². The van der Waals surface area contributed by atoms with Crippen LogP contribution in [0, 0.1) is 6.92 Å². The van der Waals surface area contributed by atoms with Crippen molar-refractivity contribution in [2.24, 2.45) is 0 Å². The molecule has 0 fully saturated rings. The number of hydrogen-bond acceptors (Lipinski definition) is 8. The van der Waals surface area contributed by atoms with Gasteiger partial charge in [-0.05, 0) is 30.7 Å². The van der Waals surface area contributed by atoms with Crippen molar-refractivity contribution in [3.8, 4) is 28.6 Å². The van der Waals surface area contributed by atoms with Crippen LogP contribution in [0.4, 0.5) is 0 Å². The molecule has 1 aliphatic heterocycles. The lowest BCUT2D eigenvalue weighted by Gasteiger charge is -2.09. The van der Waals surface area contributed by atoms with Gasteiger partial charge >= 0.3 is 0 Å². The minimum atomic E-state index is 0.134. The van der Waals surface area contributed by atoms with Crippen LogP contribution in [-0.2, 0) is 24.5 Å². The smallest absolute Gasteiger partial charge is 0.229 e. The van der Waals surface area contributed by atoms with Gasteiger partial charge < -0.3 is 13.8 Å². The Balaban J connectivity index is 1.41. The Hall–Kier alpha value is -4.18. The molecule has 6 rings (SSSR count). The van der Waals surface area contributed by atoms with E-state index in [1.165, 1.54) is 0 Å². The Labute approximate surface area is 201 Å². The van der Waals surface area contributed by atoms with Crippen LogP contribution in [0.2, 0.25) is 0 Å². The van der Waals surface area contributed by atoms with Gasteiger partial charge in [0.1, 0.15) is 18.6 Å². The minimum Gasteiger partial charge on any atom is -0.369 e. The normalized spacial score (nSPS) is 12.3. The third-order valence-electron chi connectivity index (χ3n) is 6.02. The van der Waals surface area contributed by atoms with Crippen molar-refractivity contribution in [2.45, 2.75) is 46.4 Å². The molecule has 1 aromatic carbocycles. The third-order valence-corrected chi connectivity index (χ3v) is 6.02. The largest absolute Gasteiger partial charge is 0.369 e. The van der Waals surface area contributed by atoms with Crippen LogP contribution in [0.3, 0.4) is 0 Å². The van der Waals surface area contributed by atoms with E-state index in [1.54, 1.807) is 12.4 Å². The molecule has 0 aliphatic carbocycles. The fourth-order valence-electron chi connectivity index (χ4n) is 4.23. The quantitative estimate of drug-likeness (QED) is 0.360. The maximum atomic E-state index is 5.97. The van der Waals surface area contributed by atoms with Gasteiger partial charge in [0.05, 0.1) is 24.5 Å². The first-order valence-corrected chi connectivity index (χ1v) is 11.5. The number of benzene rings is 1.